The van der Waals surface area contributed by atoms with Gasteiger partial charge in [0.2, 0.25) is 0 Å². The molecule has 3 rings (SSSR count). The molecule has 2 aromatic rings. The average molecular weight is 358 g/mol. The highest BCUT2D eigenvalue weighted by Gasteiger charge is 2.30. The fourth-order valence-corrected chi connectivity index (χ4v) is 3.36. The number of carbonyl (C=O) groups is 2. The molecule has 7 heteroatoms. The summed E-state index contributed by atoms with van der Waals surface area (Å²) in [6.07, 6.45) is 1.83. The first-order valence-electron chi connectivity index (χ1n) is 8.67. The fraction of sp³-hybridized carbons (Fsp3) is 0.421. The first-order valence-corrected chi connectivity index (χ1v) is 8.67. The zero-order valence-corrected chi connectivity index (χ0v) is 15.3. The molecule has 0 aliphatic carbocycles. The summed E-state index contributed by atoms with van der Waals surface area (Å²) < 4.78 is 14.6. The lowest BCUT2D eigenvalue weighted by molar-refractivity contribution is 0.0476. The third-order valence-corrected chi connectivity index (χ3v) is 4.72. The van der Waals surface area contributed by atoms with Crippen LogP contribution in [0.3, 0.4) is 0 Å². The van der Waals surface area contributed by atoms with E-state index in [-0.39, 0.29) is 30.1 Å². The van der Waals surface area contributed by atoms with Gasteiger partial charge in [-0.1, -0.05) is 0 Å². The van der Waals surface area contributed by atoms with Gasteiger partial charge in [0.1, 0.15) is 5.82 Å². The number of hydrogen-bond donors (Lipinski definition) is 0. The lowest BCUT2D eigenvalue weighted by Crippen LogP contribution is -2.55. The zero-order valence-electron chi connectivity index (χ0n) is 15.3. The van der Waals surface area contributed by atoms with E-state index >= 15 is 0 Å². The minimum Gasteiger partial charge on any atom is -0.332 e. The molecule has 1 aromatic heterocycles. The summed E-state index contributed by atoms with van der Waals surface area (Å²) in [7, 11) is 1.80. The molecule has 1 aliphatic rings. The Morgan fingerprint density at radius 1 is 1.23 bits per heavy atom. The molecule has 0 N–H and O–H groups in total. The van der Waals surface area contributed by atoms with E-state index in [9.17, 15) is 14.0 Å². The quantitative estimate of drug-likeness (QED) is 0.784. The highest BCUT2D eigenvalue weighted by atomic mass is 19.1. The van der Waals surface area contributed by atoms with Crippen LogP contribution in [0.2, 0.25) is 0 Å². The van der Waals surface area contributed by atoms with Crippen LogP contribution in [0.4, 0.5) is 4.39 Å². The number of hydrogen-bond acceptors (Lipinski definition) is 4. The molecule has 0 bridgehead atoms. The van der Waals surface area contributed by atoms with Crippen LogP contribution in [0.15, 0.2) is 30.5 Å². The van der Waals surface area contributed by atoms with Crippen molar-refractivity contribution in [3.63, 3.8) is 0 Å². The predicted molar refractivity (Wildman–Crippen MR) is 95.6 cm³/mol. The van der Waals surface area contributed by atoms with Gasteiger partial charge in [-0.05, 0) is 38.1 Å². The van der Waals surface area contributed by atoms with E-state index in [2.05, 4.69) is 5.10 Å². The fourth-order valence-electron chi connectivity index (χ4n) is 3.36. The van der Waals surface area contributed by atoms with Crippen molar-refractivity contribution < 1.29 is 14.0 Å². The van der Waals surface area contributed by atoms with Crippen LogP contribution in [0.25, 0.3) is 0 Å². The lowest BCUT2D eigenvalue weighted by Gasteiger charge is -2.39. The molecule has 6 nitrogen and oxygen atoms in total. The van der Waals surface area contributed by atoms with E-state index < -0.39 is 0 Å². The lowest BCUT2D eigenvalue weighted by atomic mass is 10.1. The van der Waals surface area contributed by atoms with Crippen molar-refractivity contribution >= 4 is 11.7 Å². The van der Waals surface area contributed by atoms with Gasteiger partial charge in [-0.2, -0.15) is 5.10 Å². The molecule has 1 fully saturated rings. The van der Waals surface area contributed by atoms with Gasteiger partial charge in [0.05, 0.1) is 6.54 Å². The molecule has 2 heterocycles. The highest BCUT2D eigenvalue weighted by Crippen LogP contribution is 2.16. The molecule has 138 valence electrons. The first kappa shape index (κ1) is 18.3. The summed E-state index contributed by atoms with van der Waals surface area (Å²) >= 11 is 0. The molecule has 1 aromatic carbocycles. The number of ketones is 1. The molecule has 0 unspecified atom stereocenters. The average Bonchev–Trinajstić information content (AvgIpc) is 2.93. The molecule has 1 amide bonds. The topological polar surface area (TPSA) is 58.4 Å². The number of halogens is 1. The molecule has 26 heavy (non-hydrogen) atoms. The van der Waals surface area contributed by atoms with Gasteiger partial charge in [0.15, 0.2) is 11.5 Å². The van der Waals surface area contributed by atoms with Crippen LogP contribution in [-0.4, -0.2) is 63.5 Å². The van der Waals surface area contributed by atoms with Crippen LogP contribution >= 0.6 is 0 Å². The van der Waals surface area contributed by atoms with Gasteiger partial charge in [-0.3, -0.25) is 19.2 Å². The number of Topliss-reactive ketones (excluding diaryl/α,β-unsaturated/α-hetero) is 1. The number of piperazine rings is 1. The molecule has 0 saturated carbocycles. The van der Waals surface area contributed by atoms with Crippen LogP contribution in [0.1, 0.15) is 33.3 Å². The third-order valence-electron chi connectivity index (χ3n) is 4.72. The summed E-state index contributed by atoms with van der Waals surface area (Å²) in [5, 5.41) is 4.26. The maximum atomic E-state index is 13.0. The van der Waals surface area contributed by atoms with Gasteiger partial charge in [-0.15, -0.1) is 0 Å². The van der Waals surface area contributed by atoms with Crippen LogP contribution < -0.4 is 0 Å². The summed E-state index contributed by atoms with van der Waals surface area (Å²) in [4.78, 5) is 29.0. The summed E-state index contributed by atoms with van der Waals surface area (Å²) in [5.74, 6) is -0.468. The molecular formula is C19H23FN4O2. The van der Waals surface area contributed by atoms with Gasteiger partial charge in [-0.25, -0.2) is 4.39 Å². The van der Waals surface area contributed by atoms with E-state index in [1.54, 1.807) is 11.7 Å². The zero-order chi connectivity index (χ0) is 18.8. The normalized spacial score (nSPS) is 18.2. The predicted octanol–water partition coefficient (Wildman–Crippen LogP) is 1.90. The Morgan fingerprint density at radius 3 is 2.50 bits per heavy atom. The molecule has 1 atom stereocenters. The SMILES string of the molecule is Cc1cn(C)nc1C(=O)N1CCN(CC(=O)c2ccc(F)cc2)C[C@H]1C. The Hall–Kier alpha value is -2.54. The van der Waals surface area contributed by atoms with Crippen molar-refractivity contribution in [3.8, 4) is 0 Å². The highest BCUT2D eigenvalue weighted by molar-refractivity contribution is 5.97. The minimum absolute atomic E-state index is 0.0151. The second kappa shape index (κ2) is 7.37. The Bertz CT molecular complexity index is 815. The van der Waals surface area contributed by atoms with E-state index in [1.165, 1.54) is 24.3 Å². The van der Waals surface area contributed by atoms with Gasteiger partial charge < -0.3 is 4.90 Å². The van der Waals surface area contributed by atoms with Crippen LogP contribution in [0, 0.1) is 12.7 Å². The Morgan fingerprint density at radius 2 is 1.92 bits per heavy atom. The molecule has 1 aliphatic heterocycles. The minimum atomic E-state index is -0.355. The number of aromatic nitrogens is 2. The van der Waals surface area contributed by atoms with E-state index in [4.69, 9.17) is 0 Å². The number of aryl methyl sites for hydroxylation is 2. The molecular weight excluding hydrogens is 335 g/mol. The van der Waals surface area contributed by atoms with Crippen molar-refractivity contribution in [2.45, 2.75) is 19.9 Å². The summed E-state index contributed by atoms with van der Waals surface area (Å²) in [5.41, 5.74) is 1.84. The van der Waals surface area contributed by atoms with Crippen molar-refractivity contribution in [2.75, 3.05) is 26.2 Å². The van der Waals surface area contributed by atoms with Gasteiger partial charge in [0.25, 0.3) is 5.91 Å². The molecule has 0 radical (unpaired) electrons. The second-order valence-electron chi connectivity index (χ2n) is 6.85. The third kappa shape index (κ3) is 3.83. The van der Waals surface area contributed by atoms with Gasteiger partial charge >= 0.3 is 0 Å². The van der Waals surface area contributed by atoms with Crippen LogP contribution in [0.5, 0.6) is 0 Å². The number of carbonyl (C=O) groups excluding carboxylic acids is 2. The van der Waals surface area contributed by atoms with Crippen molar-refractivity contribution in [3.05, 3.63) is 53.1 Å². The monoisotopic (exact) mass is 358 g/mol. The van der Waals surface area contributed by atoms with Gasteiger partial charge in [0, 0.05) is 50.0 Å². The standard InChI is InChI=1S/C19H23FN4O2/c1-13-10-22(3)21-18(13)19(26)24-9-8-23(11-14(24)2)12-17(25)15-4-6-16(20)7-5-15/h4-7,10,14H,8-9,11-12H2,1-3H3/t14-/m1/s1. The van der Waals surface area contributed by atoms with Crippen molar-refractivity contribution in [1.29, 1.82) is 0 Å². The van der Waals surface area contributed by atoms with E-state index in [0.717, 1.165) is 5.56 Å². The number of rotatable bonds is 4. The summed E-state index contributed by atoms with van der Waals surface area (Å²) in [6.45, 7) is 5.90. The van der Waals surface area contributed by atoms with Crippen molar-refractivity contribution in [2.24, 2.45) is 7.05 Å². The molecule has 1 saturated heterocycles. The first-order chi connectivity index (χ1) is 12.3. The van der Waals surface area contributed by atoms with Crippen molar-refractivity contribution in [1.82, 2.24) is 19.6 Å². The largest absolute Gasteiger partial charge is 0.332 e. The Kier molecular flexibility index (Phi) is 5.18. The summed E-state index contributed by atoms with van der Waals surface area (Å²) in [6, 6.07) is 5.58. The second-order valence-corrected chi connectivity index (χ2v) is 6.85. The Labute approximate surface area is 152 Å². The van der Waals surface area contributed by atoms with E-state index in [0.29, 0.717) is 30.9 Å². The number of benzene rings is 1. The number of amides is 1. The van der Waals surface area contributed by atoms with Crippen LogP contribution in [-0.2, 0) is 7.05 Å². The Balaban J connectivity index is 1.61. The van der Waals surface area contributed by atoms with E-state index in [1.807, 2.05) is 29.8 Å². The smallest absolute Gasteiger partial charge is 0.274 e. The maximum absolute atomic E-state index is 13.0. The molecule has 0 spiro atoms. The maximum Gasteiger partial charge on any atom is 0.274 e. The number of nitrogens with zero attached hydrogens (tertiary/aromatic N) is 4.